The predicted molar refractivity (Wildman–Crippen MR) is 92.4 cm³/mol. The smallest absolute Gasteiger partial charge is 0.133 e. The van der Waals surface area contributed by atoms with Gasteiger partial charge in [-0.05, 0) is 31.0 Å². The Hall–Kier alpha value is -2.00. The summed E-state index contributed by atoms with van der Waals surface area (Å²) in [5.74, 6) is 0.319. The molecule has 3 rings (SSSR count). The van der Waals surface area contributed by atoms with Gasteiger partial charge in [0.2, 0.25) is 0 Å². The molecule has 0 bridgehead atoms. The van der Waals surface area contributed by atoms with E-state index in [0.717, 1.165) is 23.4 Å². The molecule has 22 heavy (non-hydrogen) atoms. The average Bonchev–Trinajstić information content (AvgIpc) is 2.95. The molecular weight excluding hydrogens is 290 g/mol. The quantitative estimate of drug-likeness (QED) is 0.658. The van der Waals surface area contributed by atoms with Gasteiger partial charge in [-0.15, -0.1) is 11.3 Å². The third kappa shape index (κ3) is 3.80. The van der Waals surface area contributed by atoms with Gasteiger partial charge in [0.1, 0.15) is 5.78 Å². The van der Waals surface area contributed by atoms with E-state index in [0.29, 0.717) is 18.6 Å². The minimum atomic E-state index is 0.319. The van der Waals surface area contributed by atoms with Crippen LogP contribution in [-0.4, -0.2) is 10.8 Å². The number of carbonyl (C=O) groups excluding carboxylic acids is 1. The van der Waals surface area contributed by atoms with Crippen LogP contribution >= 0.6 is 11.3 Å². The fourth-order valence-corrected chi connectivity index (χ4v) is 3.40. The molecular formula is C19H19NOS. The summed E-state index contributed by atoms with van der Waals surface area (Å²) < 4.78 is 1.20. The lowest BCUT2D eigenvalue weighted by atomic mass is 10.0. The fraction of sp³-hybridized carbons (Fsp3) is 0.263. The van der Waals surface area contributed by atoms with Gasteiger partial charge in [0.05, 0.1) is 15.2 Å². The van der Waals surface area contributed by atoms with Crippen molar-refractivity contribution in [3.8, 4) is 0 Å². The highest BCUT2D eigenvalue weighted by atomic mass is 32.1. The summed E-state index contributed by atoms with van der Waals surface area (Å²) >= 11 is 1.69. The van der Waals surface area contributed by atoms with Crippen LogP contribution in [-0.2, 0) is 17.6 Å². The van der Waals surface area contributed by atoms with E-state index in [1.165, 1.54) is 15.8 Å². The Morgan fingerprint density at radius 3 is 2.50 bits per heavy atom. The normalized spacial score (nSPS) is 11.0. The molecule has 0 saturated heterocycles. The van der Waals surface area contributed by atoms with E-state index in [1.54, 1.807) is 11.3 Å². The molecule has 0 fully saturated rings. The van der Waals surface area contributed by atoms with E-state index in [4.69, 9.17) is 0 Å². The predicted octanol–water partition coefficient (Wildman–Crippen LogP) is 4.74. The van der Waals surface area contributed by atoms with E-state index in [2.05, 4.69) is 42.2 Å². The summed E-state index contributed by atoms with van der Waals surface area (Å²) in [6, 6.07) is 16.5. The molecule has 0 N–H and O–H groups in total. The Labute approximate surface area is 134 Å². The zero-order chi connectivity index (χ0) is 15.4. The Balaban J connectivity index is 1.50. The minimum absolute atomic E-state index is 0.319. The molecule has 0 saturated carbocycles. The Kier molecular flexibility index (Phi) is 4.64. The van der Waals surface area contributed by atoms with Crippen LogP contribution in [0.3, 0.4) is 0 Å². The van der Waals surface area contributed by atoms with Crippen LogP contribution in [0.4, 0.5) is 0 Å². The van der Waals surface area contributed by atoms with Gasteiger partial charge >= 0.3 is 0 Å². The Morgan fingerprint density at radius 2 is 1.73 bits per heavy atom. The number of hydrogen-bond acceptors (Lipinski definition) is 3. The fourth-order valence-electron chi connectivity index (χ4n) is 2.44. The molecule has 112 valence electrons. The SMILES string of the molecule is Cc1ccc(CCC(=O)CCc2nc3ccccc3s2)cc1. The number of aromatic nitrogens is 1. The largest absolute Gasteiger partial charge is 0.300 e. The number of thiazole rings is 1. The summed E-state index contributed by atoms with van der Waals surface area (Å²) in [5, 5.41) is 1.06. The first-order valence-corrected chi connectivity index (χ1v) is 8.44. The molecule has 0 aliphatic carbocycles. The second-order valence-corrected chi connectivity index (χ2v) is 6.71. The number of aryl methyl sites for hydroxylation is 3. The van der Waals surface area contributed by atoms with Crippen molar-refractivity contribution < 1.29 is 4.79 Å². The van der Waals surface area contributed by atoms with E-state index in [9.17, 15) is 4.79 Å². The molecule has 0 unspecified atom stereocenters. The van der Waals surface area contributed by atoms with Gasteiger partial charge in [-0.25, -0.2) is 4.98 Å². The van der Waals surface area contributed by atoms with Crippen molar-refractivity contribution in [3.63, 3.8) is 0 Å². The summed E-state index contributed by atoms with van der Waals surface area (Å²) in [7, 11) is 0. The van der Waals surface area contributed by atoms with Crippen LogP contribution in [0.1, 0.15) is 29.0 Å². The van der Waals surface area contributed by atoms with E-state index < -0.39 is 0 Å². The van der Waals surface area contributed by atoms with Crippen LogP contribution in [0.5, 0.6) is 0 Å². The van der Waals surface area contributed by atoms with Gasteiger partial charge in [0.15, 0.2) is 0 Å². The first-order chi connectivity index (χ1) is 10.7. The number of Topliss-reactive ketones (excluding diaryl/α,β-unsaturated/α-hetero) is 1. The Bertz CT molecular complexity index is 740. The monoisotopic (exact) mass is 309 g/mol. The Morgan fingerprint density at radius 1 is 1.00 bits per heavy atom. The third-order valence-corrected chi connectivity index (χ3v) is 4.87. The molecule has 2 nitrogen and oxygen atoms in total. The zero-order valence-corrected chi connectivity index (χ0v) is 13.5. The van der Waals surface area contributed by atoms with Crippen molar-refractivity contribution in [1.82, 2.24) is 4.98 Å². The maximum absolute atomic E-state index is 12.0. The lowest BCUT2D eigenvalue weighted by Crippen LogP contribution is -2.02. The second kappa shape index (κ2) is 6.84. The minimum Gasteiger partial charge on any atom is -0.300 e. The summed E-state index contributed by atoms with van der Waals surface area (Å²) in [6.45, 7) is 2.08. The van der Waals surface area contributed by atoms with Crippen molar-refractivity contribution in [3.05, 3.63) is 64.7 Å². The van der Waals surface area contributed by atoms with Crippen molar-refractivity contribution in [2.45, 2.75) is 32.6 Å². The van der Waals surface area contributed by atoms with E-state index in [-0.39, 0.29) is 0 Å². The maximum atomic E-state index is 12.0. The molecule has 1 aromatic heterocycles. The van der Waals surface area contributed by atoms with Crippen LogP contribution < -0.4 is 0 Å². The van der Waals surface area contributed by atoms with Gasteiger partial charge in [-0.3, -0.25) is 4.79 Å². The molecule has 0 amide bonds. The summed E-state index contributed by atoms with van der Waals surface area (Å²) in [5.41, 5.74) is 3.53. The number of nitrogens with zero attached hydrogens (tertiary/aromatic N) is 1. The lowest BCUT2D eigenvalue weighted by molar-refractivity contribution is -0.119. The number of fused-ring (bicyclic) bond motifs is 1. The highest BCUT2D eigenvalue weighted by Crippen LogP contribution is 2.22. The second-order valence-electron chi connectivity index (χ2n) is 5.60. The summed E-state index contributed by atoms with van der Waals surface area (Å²) in [4.78, 5) is 16.6. The number of rotatable bonds is 6. The molecule has 0 radical (unpaired) electrons. The first kappa shape index (κ1) is 14.9. The van der Waals surface area contributed by atoms with Crippen LogP contribution in [0.2, 0.25) is 0 Å². The zero-order valence-electron chi connectivity index (χ0n) is 12.7. The van der Waals surface area contributed by atoms with Crippen LogP contribution in [0.15, 0.2) is 48.5 Å². The van der Waals surface area contributed by atoms with Crippen molar-refractivity contribution in [1.29, 1.82) is 0 Å². The van der Waals surface area contributed by atoms with E-state index in [1.807, 2.05) is 18.2 Å². The molecule has 0 aliphatic heterocycles. The number of carbonyl (C=O) groups is 1. The van der Waals surface area contributed by atoms with Crippen LogP contribution in [0, 0.1) is 6.92 Å². The number of hydrogen-bond donors (Lipinski definition) is 0. The molecule has 0 atom stereocenters. The molecule has 3 aromatic rings. The molecule has 3 heteroatoms. The lowest BCUT2D eigenvalue weighted by Gasteiger charge is -2.01. The standard InChI is InChI=1S/C19H19NOS/c1-14-6-8-15(9-7-14)10-11-16(21)12-13-19-20-17-4-2-3-5-18(17)22-19/h2-9H,10-13H2,1H3. The molecule has 0 spiro atoms. The highest BCUT2D eigenvalue weighted by Gasteiger charge is 2.07. The number of ketones is 1. The molecule has 0 aliphatic rings. The van der Waals surface area contributed by atoms with Crippen molar-refractivity contribution in [2.75, 3.05) is 0 Å². The number of para-hydroxylation sites is 1. The molecule has 2 aromatic carbocycles. The van der Waals surface area contributed by atoms with Gasteiger partial charge < -0.3 is 0 Å². The molecule has 1 heterocycles. The van der Waals surface area contributed by atoms with Gasteiger partial charge in [-0.2, -0.15) is 0 Å². The van der Waals surface area contributed by atoms with Crippen LogP contribution in [0.25, 0.3) is 10.2 Å². The van der Waals surface area contributed by atoms with Gasteiger partial charge in [-0.1, -0.05) is 42.0 Å². The van der Waals surface area contributed by atoms with Crippen molar-refractivity contribution in [2.24, 2.45) is 0 Å². The average molecular weight is 309 g/mol. The summed E-state index contributed by atoms with van der Waals surface area (Å²) in [6.07, 6.45) is 2.80. The highest BCUT2D eigenvalue weighted by molar-refractivity contribution is 7.18. The van der Waals surface area contributed by atoms with E-state index >= 15 is 0 Å². The number of benzene rings is 2. The first-order valence-electron chi connectivity index (χ1n) is 7.62. The van der Waals surface area contributed by atoms with Gasteiger partial charge in [0, 0.05) is 19.3 Å². The van der Waals surface area contributed by atoms with Crippen molar-refractivity contribution >= 4 is 27.3 Å². The third-order valence-electron chi connectivity index (χ3n) is 3.77. The van der Waals surface area contributed by atoms with Gasteiger partial charge in [0.25, 0.3) is 0 Å². The maximum Gasteiger partial charge on any atom is 0.133 e. The topological polar surface area (TPSA) is 30.0 Å².